The predicted molar refractivity (Wildman–Crippen MR) is 92.4 cm³/mol. The van der Waals surface area contributed by atoms with Gasteiger partial charge in [0.25, 0.3) is 0 Å². The molecule has 4 heteroatoms. The first-order valence-electron chi connectivity index (χ1n) is 7.90. The highest BCUT2D eigenvalue weighted by Crippen LogP contribution is 2.21. The van der Waals surface area contributed by atoms with E-state index in [1.54, 1.807) is 11.0 Å². The molecule has 1 amide bonds. The van der Waals surface area contributed by atoms with Crippen LogP contribution in [-0.4, -0.2) is 28.5 Å². The molecule has 0 aliphatic rings. The van der Waals surface area contributed by atoms with Gasteiger partial charge in [-0.05, 0) is 32.0 Å². The van der Waals surface area contributed by atoms with Gasteiger partial charge in [-0.1, -0.05) is 24.3 Å². The van der Waals surface area contributed by atoms with Crippen LogP contribution in [0.1, 0.15) is 25.5 Å². The maximum Gasteiger partial charge on any atom is 0.245 e. The van der Waals surface area contributed by atoms with Crippen molar-refractivity contribution in [3.63, 3.8) is 0 Å². The fraction of sp³-hybridized carbons (Fsp3) is 0.316. The van der Waals surface area contributed by atoms with Crippen molar-refractivity contribution in [1.29, 1.82) is 0 Å². The SMILES string of the molecule is C=CCN(Cc1ccccc1OCC)C(=O)[C@@H](C)n1cccc1. The van der Waals surface area contributed by atoms with E-state index in [9.17, 15) is 4.79 Å². The molecule has 1 aromatic carbocycles. The molecule has 0 radical (unpaired) electrons. The zero-order valence-electron chi connectivity index (χ0n) is 13.8. The summed E-state index contributed by atoms with van der Waals surface area (Å²) in [5.74, 6) is 0.887. The highest BCUT2D eigenvalue weighted by Gasteiger charge is 2.21. The van der Waals surface area contributed by atoms with E-state index in [0.717, 1.165) is 11.3 Å². The number of aromatic nitrogens is 1. The summed E-state index contributed by atoms with van der Waals surface area (Å²) < 4.78 is 7.57. The van der Waals surface area contributed by atoms with Gasteiger partial charge >= 0.3 is 0 Å². The van der Waals surface area contributed by atoms with Crippen molar-refractivity contribution in [3.8, 4) is 5.75 Å². The average Bonchev–Trinajstić information content (AvgIpc) is 3.09. The van der Waals surface area contributed by atoms with Crippen LogP contribution in [0.4, 0.5) is 0 Å². The van der Waals surface area contributed by atoms with Crippen molar-refractivity contribution >= 4 is 5.91 Å². The minimum Gasteiger partial charge on any atom is -0.494 e. The van der Waals surface area contributed by atoms with Crippen LogP contribution in [0.15, 0.2) is 61.4 Å². The zero-order chi connectivity index (χ0) is 16.7. The van der Waals surface area contributed by atoms with Gasteiger partial charge in [-0.25, -0.2) is 0 Å². The number of ether oxygens (including phenoxy) is 1. The number of hydrogen-bond acceptors (Lipinski definition) is 2. The smallest absolute Gasteiger partial charge is 0.245 e. The molecule has 122 valence electrons. The maximum absolute atomic E-state index is 12.8. The molecule has 0 saturated carbocycles. The van der Waals surface area contributed by atoms with Crippen LogP contribution >= 0.6 is 0 Å². The fourth-order valence-electron chi connectivity index (χ4n) is 2.52. The van der Waals surface area contributed by atoms with Gasteiger partial charge < -0.3 is 14.2 Å². The summed E-state index contributed by atoms with van der Waals surface area (Å²) in [6.45, 7) is 9.25. The average molecular weight is 312 g/mol. The first-order valence-corrected chi connectivity index (χ1v) is 7.90. The fourth-order valence-corrected chi connectivity index (χ4v) is 2.52. The van der Waals surface area contributed by atoms with Crippen LogP contribution in [0.5, 0.6) is 5.75 Å². The second kappa shape index (κ2) is 8.22. The standard InChI is InChI=1S/C19H24N2O2/c1-4-12-21(19(22)16(3)20-13-8-9-14-20)15-17-10-6-7-11-18(17)23-5-2/h4,6-11,13-14,16H,1,5,12,15H2,2-3H3/t16-/m1/s1. The van der Waals surface area contributed by atoms with E-state index >= 15 is 0 Å². The van der Waals surface area contributed by atoms with Crippen molar-refractivity contribution in [2.45, 2.75) is 26.4 Å². The summed E-state index contributed by atoms with van der Waals surface area (Å²) >= 11 is 0. The predicted octanol–water partition coefficient (Wildman–Crippen LogP) is 3.66. The Balaban J connectivity index is 2.18. The van der Waals surface area contributed by atoms with Crippen LogP contribution in [0, 0.1) is 0 Å². The first kappa shape index (κ1) is 16.9. The topological polar surface area (TPSA) is 34.5 Å². The molecule has 0 saturated heterocycles. The monoisotopic (exact) mass is 312 g/mol. The summed E-state index contributed by atoms with van der Waals surface area (Å²) in [6, 6.07) is 11.4. The van der Waals surface area contributed by atoms with Crippen LogP contribution in [0.2, 0.25) is 0 Å². The molecule has 0 aliphatic heterocycles. The lowest BCUT2D eigenvalue weighted by molar-refractivity contribution is -0.134. The van der Waals surface area contributed by atoms with E-state index in [-0.39, 0.29) is 11.9 Å². The number of carbonyl (C=O) groups is 1. The lowest BCUT2D eigenvalue weighted by atomic mass is 10.1. The molecule has 2 aromatic rings. The van der Waals surface area contributed by atoms with Gasteiger partial charge in [-0.15, -0.1) is 6.58 Å². The largest absolute Gasteiger partial charge is 0.494 e. The summed E-state index contributed by atoms with van der Waals surface area (Å²) in [6.07, 6.45) is 5.56. The molecule has 1 aromatic heterocycles. The molecular formula is C19H24N2O2. The number of nitrogens with zero attached hydrogens (tertiary/aromatic N) is 2. The van der Waals surface area contributed by atoms with Gasteiger partial charge in [-0.3, -0.25) is 4.79 Å². The summed E-state index contributed by atoms with van der Waals surface area (Å²) in [5.41, 5.74) is 1.00. The van der Waals surface area contributed by atoms with E-state index in [0.29, 0.717) is 19.7 Å². The van der Waals surface area contributed by atoms with Gasteiger partial charge in [-0.2, -0.15) is 0 Å². The Morgan fingerprint density at radius 1 is 1.30 bits per heavy atom. The molecule has 2 rings (SSSR count). The van der Waals surface area contributed by atoms with Crippen molar-refractivity contribution < 1.29 is 9.53 Å². The normalized spacial score (nSPS) is 11.7. The lowest BCUT2D eigenvalue weighted by Gasteiger charge is -2.26. The summed E-state index contributed by atoms with van der Waals surface area (Å²) in [5, 5.41) is 0. The number of hydrogen-bond donors (Lipinski definition) is 0. The summed E-state index contributed by atoms with van der Waals surface area (Å²) in [4.78, 5) is 14.6. The molecule has 1 heterocycles. The molecular weight excluding hydrogens is 288 g/mol. The molecule has 4 nitrogen and oxygen atoms in total. The Bertz CT molecular complexity index is 635. The summed E-state index contributed by atoms with van der Waals surface area (Å²) in [7, 11) is 0. The third-order valence-electron chi connectivity index (χ3n) is 3.73. The highest BCUT2D eigenvalue weighted by atomic mass is 16.5. The third kappa shape index (κ3) is 4.25. The molecule has 0 bridgehead atoms. The highest BCUT2D eigenvalue weighted by molar-refractivity contribution is 5.80. The van der Waals surface area contributed by atoms with Gasteiger partial charge in [0.05, 0.1) is 6.61 Å². The van der Waals surface area contributed by atoms with Crippen LogP contribution in [0.25, 0.3) is 0 Å². The van der Waals surface area contributed by atoms with E-state index < -0.39 is 0 Å². The van der Waals surface area contributed by atoms with E-state index in [4.69, 9.17) is 4.74 Å². The van der Waals surface area contributed by atoms with Crippen LogP contribution in [-0.2, 0) is 11.3 Å². The van der Waals surface area contributed by atoms with Gasteiger partial charge in [0.15, 0.2) is 0 Å². The first-order chi connectivity index (χ1) is 11.2. The lowest BCUT2D eigenvalue weighted by Crippen LogP contribution is -2.35. The second-order valence-corrected chi connectivity index (χ2v) is 5.35. The molecule has 1 atom stereocenters. The van der Waals surface area contributed by atoms with Crippen LogP contribution < -0.4 is 4.74 Å². The molecule has 0 N–H and O–H groups in total. The van der Waals surface area contributed by atoms with Crippen molar-refractivity contribution in [1.82, 2.24) is 9.47 Å². The van der Waals surface area contributed by atoms with Gasteiger partial charge in [0.2, 0.25) is 5.91 Å². The van der Waals surface area contributed by atoms with Gasteiger partial charge in [0.1, 0.15) is 11.8 Å². The Labute approximate surface area is 138 Å². The molecule has 0 spiro atoms. The van der Waals surface area contributed by atoms with E-state index in [1.807, 2.05) is 67.2 Å². The molecule has 23 heavy (non-hydrogen) atoms. The number of carbonyl (C=O) groups excluding carboxylic acids is 1. The van der Waals surface area contributed by atoms with E-state index in [1.165, 1.54) is 0 Å². The third-order valence-corrected chi connectivity index (χ3v) is 3.73. The molecule has 0 aliphatic carbocycles. The Morgan fingerprint density at radius 2 is 2.00 bits per heavy atom. The van der Waals surface area contributed by atoms with Gasteiger partial charge in [0, 0.05) is 31.0 Å². The van der Waals surface area contributed by atoms with Crippen molar-refractivity contribution in [3.05, 3.63) is 67.0 Å². The van der Waals surface area contributed by atoms with E-state index in [2.05, 4.69) is 6.58 Å². The van der Waals surface area contributed by atoms with Crippen LogP contribution in [0.3, 0.4) is 0 Å². The molecule has 0 unspecified atom stereocenters. The quantitative estimate of drug-likeness (QED) is 0.697. The van der Waals surface area contributed by atoms with Crippen molar-refractivity contribution in [2.24, 2.45) is 0 Å². The minimum absolute atomic E-state index is 0.0624. The maximum atomic E-state index is 12.8. The number of para-hydroxylation sites is 1. The Hall–Kier alpha value is -2.49. The Morgan fingerprint density at radius 3 is 2.65 bits per heavy atom. The second-order valence-electron chi connectivity index (χ2n) is 5.35. The van der Waals surface area contributed by atoms with Crippen molar-refractivity contribution in [2.75, 3.05) is 13.2 Å². The number of amides is 1. The minimum atomic E-state index is -0.246. The Kier molecular flexibility index (Phi) is 6.03. The number of benzene rings is 1. The zero-order valence-corrected chi connectivity index (χ0v) is 13.8. The number of rotatable bonds is 8. The molecule has 0 fully saturated rings.